The van der Waals surface area contributed by atoms with Gasteiger partial charge >= 0.3 is 5.97 Å². The average molecular weight is 494 g/mol. The zero-order chi connectivity index (χ0) is 26.2. The Hall–Kier alpha value is -1.14. The van der Waals surface area contributed by atoms with Crippen LogP contribution in [-0.2, 0) is 14.3 Å². The fraction of sp³-hybridized carbons (Fsp3) is 0.931. The first-order valence-corrected chi connectivity index (χ1v) is 14.0. The quantitative estimate of drug-likeness (QED) is 0.398. The molecule has 9 atom stereocenters. The number of nitrogens with two attached hydrogens (primary N) is 1. The molecule has 0 heterocycles. The minimum absolute atomic E-state index is 0.00596. The van der Waals surface area contributed by atoms with Gasteiger partial charge in [-0.15, -0.1) is 0 Å². The Kier molecular flexibility index (Phi) is 8.68. The van der Waals surface area contributed by atoms with Gasteiger partial charge in [-0.3, -0.25) is 9.59 Å². The van der Waals surface area contributed by atoms with Gasteiger partial charge in [0.25, 0.3) is 0 Å². The predicted octanol–water partition coefficient (Wildman–Crippen LogP) is 4.84. The molecule has 0 bridgehead atoms. The number of hydrogen-bond acceptors (Lipinski definition) is 5. The van der Waals surface area contributed by atoms with Gasteiger partial charge in [0.2, 0.25) is 5.91 Å². The highest BCUT2D eigenvalue weighted by Crippen LogP contribution is 2.67. The lowest BCUT2D eigenvalue weighted by molar-refractivity contribution is -0.164. The zero-order valence-electron chi connectivity index (χ0n) is 23.0. The summed E-state index contributed by atoms with van der Waals surface area (Å²) in [4.78, 5) is 23.8. The number of rotatable bonds is 9. The molecular formula is C29H51NO5. The Balaban J connectivity index is 1.70. The van der Waals surface area contributed by atoms with Crippen LogP contribution in [0.4, 0.5) is 0 Å². The van der Waals surface area contributed by atoms with E-state index in [1.165, 1.54) is 6.42 Å². The molecule has 6 heteroatoms. The smallest absolute Gasteiger partial charge is 0.306 e. The first kappa shape index (κ1) is 28.4. The van der Waals surface area contributed by atoms with Crippen molar-refractivity contribution in [1.29, 1.82) is 0 Å². The minimum atomic E-state index is -0.435. The standard InChI is InChI=1S/C29H51NO5/c1-18(8-7-9-25(34)35-27(2,3)4)20-10-11-21-26-22(12-14-29(20,21)6)28(5,15-13-24(30)33)19(17-31)16-23(26)32/h18-23,26,31-32H,7-17H2,1-6H3,(H2,30,33)/t18-,19-,20-,21+,22+,23+,26+,28+,29-/m1/s1. The van der Waals surface area contributed by atoms with Crippen molar-refractivity contribution in [3.05, 3.63) is 0 Å². The van der Waals surface area contributed by atoms with E-state index in [-0.39, 0.29) is 41.1 Å². The van der Waals surface area contributed by atoms with Crippen LogP contribution in [0.1, 0.15) is 106 Å². The van der Waals surface area contributed by atoms with Crippen LogP contribution >= 0.6 is 0 Å². The monoisotopic (exact) mass is 493 g/mol. The molecule has 0 aromatic rings. The maximum absolute atomic E-state index is 12.2. The summed E-state index contributed by atoms with van der Waals surface area (Å²) in [5.74, 6) is 1.71. The molecule has 4 N–H and O–H groups in total. The fourth-order valence-electron chi connectivity index (χ4n) is 8.72. The van der Waals surface area contributed by atoms with Crippen molar-refractivity contribution in [2.75, 3.05) is 6.61 Å². The highest BCUT2D eigenvalue weighted by atomic mass is 16.6. The molecule has 3 aliphatic rings. The topological polar surface area (TPSA) is 110 Å². The third-order valence-corrected chi connectivity index (χ3v) is 10.4. The largest absolute Gasteiger partial charge is 0.460 e. The van der Waals surface area contributed by atoms with Crippen molar-refractivity contribution in [3.63, 3.8) is 0 Å². The molecule has 3 saturated carbocycles. The summed E-state index contributed by atoms with van der Waals surface area (Å²) in [6.07, 6.45) is 8.03. The first-order valence-electron chi connectivity index (χ1n) is 14.0. The van der Waals surface area contributed by atoms with Crippen LogP contribution in [0, 0.1) is 46.3 Å². The van der Waals surface area contributed by atoms with E-state index in [9.17, 15) is 19.8 Å². The number of primary amides is 1. The number of carbonyl (C=O) groups is 2. The summed E-state index contributed by atoms with van der Waals surface area (Å²) in [6.45, 7) is 12.8. The van der Waals surface area contributed by atoms with Crippen LogP contribution in [0.15, 0.2) is 0 Å². The number of aliphatic hydroxyl groups excluding tert-OH is 2. The molecule has 3 fully saturated rings. The third-order valence-electron chi connectivity index (χ3n) is 10.4. The molecule has 0 radical (unpaired) electrons. The van der Waals surface area contributed by atoms with Gasteiger partial charge in [0.05, 0.1) is 6.10 Å². The fourth-order valence-corrected chi connectivity index (χ4v) is 8.72. The molecule has 0 aromatic carbocycles. The first-order chi connectivity index (χ1) is 16.2. The number of ether oxygens (including phenoxy) is 1. The molecule has 0 aliphatic heterocycles. The van der Waals surface area contributed by atoms with Gasteiger partial charge in [-0.25, -0.2) is 0 Å². The van der Waals surface area contributed by atoms with Gasteiger partial charge in [0.1, 0.15) is 5.60 Å². The molecule has 0 saturated heterocycles. The van der Waals surface area contributed by atoms with E-state index in [1.807, 2.05) is 20.8 Å². The average Bonchev–Trinajstić information content (AvgIpc) is 3.10. The minimum Gasteiger partial charge on any atom is -0.460 e. The molecule has 3 rings (SSSR count). The zero-order valence-corrected chi connectivity index (χ0v) is 23.0. The van der Waals surface area contributed by atoms with Crippen LogP contribution in [0.3, 0.4) is 0 Å². The number of esters is 1. The Bertz CT molecular complexity index is 763. The second kappa shape index (κ2) is 10.7. The summed E-state index contributed by atoms with van der Waals surface area (Å²) in [6, 6.07) is 0. The summed E-state index contributed by atoms with van der Waals surface area (Å²) in [5, 5.41) is 21.5. The maximum atomic E-state index is 12.2. The van der Waals surface area contributed by atoms with Crippen molar-refractivity contribution in [2.45, 2.75) is 117 Å². The van der Waals surface area contributed by atoms with Crippen LogP contribution < -0.4 is 5.73 Å². The number of hydrogen-bond donors (Lipinski definition) is 3. The van der Waals surface area contributed by atoms with Gasteiger partial charge in [0, 0.05) is 19.4 Å². The van der Waals surface area contributed by atoms with Crippen molar-refractivity contribution in [1.82, 2.24) is 0 Å². The molecule has 35 heavy (non-hydrogen) atoms. The molecule has 0 spiro atoms. The van der Waals surface area contributed by atoms with Crippen LogP contribution in [-0.4, -0.2) is 40.4 Å². The Labute approximate surface area is 212 Å². The SMILES string of the molecule is C[C@H](CCCC(=O)OC(C)(C)C)[C@H]1CC[C@H]2[C@@H]3[C@@H](O)C[C@H](CO)[C@](C)(CCC(N)=O)[C@H]3CC[C@]12C. The van der Waals surface area contributed by atoms with Crippen molar-refractivity contribution < 1.29 is 24.5 Å². The second-order valence-corrected chi connectivity index (χ2v) is 13.6. The summed E-state index contributed by atoms with van der Waals surface area (Å²) >= 11 is 0. The van der Waals surface area contributed by atoms with Gasteiger partial charge in [0.15, 0.2) is 0 Å². The van der Waals surface area contributed by atoms with E-state index in [0.717, 1.165) is 32.1 Å². The number of amides is 1. The van der Waals surface area contributed by atoms with Crippen LogP contribution in [0.5, 0.6) is 0 Å². The van der Waals surface area contributed by atoms with Gasteiger partial charge in [-0.1, -0.05) is 20.8 Å². The summed E-state index contributed by atoms with van der Waals surface area (Å²) < 4.78 is 5.48. The van der Waals surface area contributed by atoms with Crippen molar-refractivity contribution in [2.24, 2.45) is 52.1 Å². The molecule has 1 amide bonds. The maximum Gasteiger partial charge on any atom is 0.306 e. The Morgan fingerprint density at radius 1 is 1.11 bits per heavy atom. The molecule has 6 nitrogen and oxygen atoms in total. The predicted molar refractivity (Wildman–Crippen MR) is 137 cm³/mol. The second-order valence-electron chi connectivity index (χ2n) is 13.6. The van der Waals surface area contributed by atoms with Gasteiger partial charge in [-0.2, -0.15) is 0 Å². The Morgan fingerprint density at radius 3 is 2.40 bits per heavy atom. The summed E-state index contributed by atoms with van der Waals surface area (Å²) in [7, 11) is 0. The highest BCUT2D eigenvalue weighted by Gasteiger charge is 2.62. The Morgan fingerprint density at radius 2 is 1.80 bits per heavy atom. The number of fused-ring (bicyclic) bond motifs is 3. The lowest BCUT2D eigenvalue weighted by atomic mass is 9.45. The molecule has 0 aromatic heterocycles. The molecule has 202 valence electrons. The molecular weight excluding hydrogens is 442 g/mol. The van der Waals surface area contributed by atoms with E-state index >= 15 is 0 Å². The van der Waals surface area contributed by atoms with Crippen molar-refractivity contribution in [3.8, 4) is 0 Å². The van der Waals surface area contributed by atoms with E-state index in [2.05, 4.69) is 20.8 Å². The van der Waals surface area contributed by atoms with Crippen molar-refractivity contribution >= 4 is 11.9 Å². The normalized spacial score (nSPS) is 40.0. The molecule has 0 unspecified atom stereocenters. The van der Waals surface area contributed by atoms with Crippen LogP contribution in [0.25, 0.3) is 0 Å². The highest BCUT2D eigenvalue weighted by molar-refractivity contribution is 5.73. The van der Waals surface area contributed by atoms with E-state index in [4.69, 9.17) is 10.5 Å². The van der Waals surface area contributed by atoms with Crippen LogP contribution in [0.2, 0.25) is 0 Å². The lowest BCUT2D eigenvalue weighted by Gasteiger charge is -2.60. The molecule has 3 aliphatic carbocycles. The summed E-state index contributed by atoms with van der Waals surface area (Å²) in [5.41, 5.74) is 5.09. The van der Waals surface area contributed by atoms with Gasteiger partial charge < -0.3 is 20.7 Å². The van der Waals surface area contributed by atoms with E-state index in [0.29, 0.717) is 49.4 Å². The third kappa shape index (κ3) is 5.89. The van der Waals surface area contributed by atoms with E-state index < -0.39 is 11.7 Å². The van der Waals surface area contributed by atoms with E-state index in [1.54, 1.807) is 0 Å². The van der Waals surface area contributed by atoms with Gasteiger partial charge in [-0.05, 0) is 118 Å². The number of aliphatic hydroxyl groups is 2. The number of carbonyl (C=O) groups excluding carboxylic acids is 2. The lowest BCUT2D eigenvalue weighted by Crippen LogP contribution is -2.57.